The van der Waals surface area contributed by atoms with Crippen LogP contribution in [-0.4, -0.2) is 5.91 Å². The van der Waals surface area contributed by atoms with Crippen LogP contribution in [0.5, 0.6) is 0 Å². The van der Waals surface area contributed by atoms with Gasteiger partial charge in [0, 0.05) is 10.5 Å². The van der Waals surface area contributed by atoms with Gasteiger partial charge in [-0.15, -0.1) is 0 Å². The molecule has 1 amide bonds. The largest absolute Gasteiger partial charge is 0.287 e. The van der Waals surface area contributed by atoms with Crippen molar-refractivity contribution in [3.63, 3.8) is 0 Å². The van der Waals surface area contributed by atoms with Gasteiger partial charge in [-0.1, -0.05) is 36.9 Å². The lowest BCUT2D eigenvalue weighted by Gasteiger charge is -1.98. The van der Waals surface area contributed by atoms with Crippen LogP contribution in [-0.2, 0) is 0 Å². The monoisotopic (exact) mass is 173 g/mol. The molecule has 0 bridgehead atoms. The van der Waals surface area contributed by atoms with E-state index in [1.54, 1.807) is 30.3 Å². The Hall–Kier alpha value is -2.06. The van der Waals surface area contributed by atoms with E-state index >= 15 is 0 Å². The highest BCUT2D eigenvalue weighted by Crippen LogP contribution is 2.11. The molecule has 1 aromatic rings. The molecule has 0 saturated heterocycles. The molecule has 0 N–H and O–H groups in total. The minimum absolute atomic E-state index is 0.371. The minimum Gasteiger partial charge on any atom is -0.287 e. The number of hydrogen-bond donors (Lipinski definition) is 0. The quantitative estimate of drug-likeness (QED) is 0.385. The number of rotatable bonds is 2. The molecular formula is C9H7N3O. The Balaban J connectivity index is 3.20. The molecule has 4 nitrogen and oxygen atoms in total. The second kappa shape index (κ2) is 4.09. The van der Waals surface area contributed by atoms with Crippen LogP contribution in [0.4, 0.5) is 0 Å². The van der Waals surface area contributed by atoms with Crippen molar-refractivity contribution in [2.75, 3.05) is 0 Å². The van der Waals surface area contributed by atoms with Gasteiger partial charge < -0.3 is 0 Å². The van der Waals surface area contributed by atoms with Crippen molar-refractivity contribution in [3.05, 3.63) is 52.4 Å². The smallest absolute Gasteiger partial charge is 0.249 e. The number of azide groups is 1. The van der Waals surface area contributed by atoms with Gasteiger partial charge in [-0.3, -0.25) is 4.79 Å². The lowest BCUT2D eigenvalue weighted by atomic mass is 10.1. The fraction of sp³-hybridized carbons (Fsp3) is 0. The first kappa shape index (κ1) is 9.03. The lowest BCUT2D eigenvalue weighted by Crippen LogP contribution is -1.95. The third-order valence-electron chi connectivity index (χ3n) is 1.55. The topological polar surface area (TPSA) is 65.8 Å². The summed E-state index contributed by atoms with van der Waals surface area (Å²) < 4.78 is 0. The number of hydrogen-bond acceptors (Lipinski definition) is 1. The predicted octanol–water partition coefficient (Wildman–Crippen LogP) is 2.78. The Bertz CT molecular complexity index is 392. The van der Waals surface area contributed by atoms with Crippen molar-refractivity contribution in [3.8, 4) is 0 Å². The van der Waals surface area contributed by atoms with E-state index < -0.39 is 5.91 Å². The number of carbonyl (C=O) groups excluding carboxylic acids is 1. The zero-order chi connectivity index (χ0) is 9.68. The molecule has 13 heavy (non-hydrogen) atoms. The zero-order valence-electron chi connectivity index (χ0n) is 6.84. The van der Waals surface area contributed by atoms with Gasteiger partial charge >= 0.3 is 0 Å². The summed E-state index contributed by atoms with van der Waals surface area (Å²) in [5.74, 6) is -0.585. The molecule has 0 fully saturated rings. The van der Waals surface area contributed by atoms with Gasteiger partial charge in [-0.2, -0.15) is 0 Å². The molecule has 0 saturated carbocycles. The van der Waals surface area contributed by atoms with Gasteiger partial charge in [0.2, 0.25) is 5.91 Å². The first-order valence-corrected chi connectivity index (χ1v) is 3.60. The first-order chi connectivity index (χ1) is 6.29. The lowest BCUT2D eigenvalue weighted by molar-refractivity contribution is 0.1000. The molecule has 0 aromatic heterocycles. The Morgan fingerprint density at radius 3 is 2.85 bits per heavy atom. The first-order valence-electron chi connectivity index (χ1n) is 3.60. The Morgan fingerprint density at radius 1 is 1.54 bits per heavy atom. The summed E-state index contributed by atoms with van der Waals surface area (Å²) in [6.45, 7) is 3.55. The van der Waals surface area contributed by atoms with Gasteiger partial charge in [0.15, 0.2) is 0 Å². The molecule has 0 atom stereocenters. The Morgan fingerprint density at radius 2 is 2.23 bits per heavy atom. The van der Waals surface area contributed by atoms with Crippen LogP contribution in [0, 0.1) is 0 Å². The molecular weight excluding hydrogens is 166 g/mol. The number of benzene rings is 1. The molecule has 0 heterocycles. The molecule has 0 aliphatic carbocycles. The third-order valence-corrected chi connectivity index (χ3v) is 1.55. The summed E-state index contributed by atoms with van der Waals surface area (Å²) in [5, 5.41) is 3.00. The number of amides is 1. The van der Waals surface area contributed by atoms with E-state index in [0.717, 1.165) is 0 Å². The maximum absolute atomic E-state index is 11.2. The fourth-order valence-corrected chi connectivity index (χ4v) is 0.964. The molecule has 0 unspecified atom stereocenters. The Labute approximate surface area is 75.1 Å². The second-order valence-electron chi connectivity index (χ2n) is 2.29. The fourth-order valence-electron chi connectivity index (χ4n) is 0.964. The molecule has 1 rings (SSSR count). The van der Waals surface area contributed by atoms with E-state index in [1.165, 1.54) is 0 Å². The average molecular weight is 173 g/mol. The summed E-state index contributed by atoms with van der Waals surface area (Å²) in [5.41, 5.74) is 9.11. The second-order valence-corrected chi connectivity index (χ2v) is 2.29. The van der Waals surface area contributed by atoms with Crippen LogP contribution in [0.15, 0.2) is 36.0 Å². The van der Waals surface area contributed by atoms with Crippen molar-refractivity contribution in [1.29, 1.82) is 0 Å². The molecule has 0 aliphatic rings. The Kier molecular flexibility index (Phi) is 2.84. The summed E-state index contributed by atoms with van der Waals surface area (Å²) in [6, 6.07) is 6.80. The summed E-state index contributed by atoms with van der Waals surface area (Å²) in [7, 11) is 0. The van der Waals surface area contributed by atoms with Crippen molar-refractivity contribution >= 4 is 12.0 Å². The van der Waals surface area contributed by atoms with Gasteiger partial charge in [0.25, 0.3) is 0 Å². The maximum Gasteiger partial charge on any atom is 0.249 e. The number of carbonyl (C=O) groups is 1. The van der Waals surface area contributed by atoms with Crippen molar-refractivity contribution in [2.45, 2.75) is 0 Å². The van der Waals surface area contributed by atoms with Crippen LogP contribution < -0.4 is 0 Å². The van der Waals surface area contributed by atoms with E-state index in [-0.39, 0.29) is 0 Å². The van der Waals surface area contributed by atoms with Crippen LogP contribution in [0.25, 0.3) is 16.5 Å². The van der Waals surface area contributed by atoms with Gasteiger partial charge in [-0.05, 0) is 16.2 Å². The standard InChI is InChI=1S/C9H7N3O/c1-2-7-5-3-4-6-8(7)9(13)11-12-10/h2-6H,1H2. The van der Waals surface area contributed by atoms with E-state index in [0.29, 0.717) is 11.1 Å². The molecule has 0 spiro atoms. The van der Waals surface area contributed by atoms with E-state index in [1.807, 2.05) is 0 Å². The van der Waals surface area contributed by atoms with Crippen LogP contribution >= 0.6 is 0 Å². The summed E-state index contributed by atoms with van der Waals surface area (Å²) in [6.07, 6.45) is 1.54. The number of nitrogens with zero attached hydrogens (tertiary/aromatic N) is 3. The van der Waals surface area contributed by atoms with Gasteiger partial charge in [-0.25, -0.2) is 0 Å². The van der Waals surface area contributed by atoms with Crippen LogP contribution in [0.2, 0.25) is 0 Å². The van der Waals surface area contributed by atoms with Crippen molar-refractivity contribution in [1.82, 2.24) is 0 Å². The highest BCUT2D eigenvalue weighted by molar-refractivity contribution is 5.98. The van der Waals surface area contributed by atoms with Crippen LogP contribution in [0.1, 0.15) is 15.9 Å². The minimum atomic E-state index is -0.585. The maximum atomic E-state index is 11.2. The third kappa shape index (κ3) is 1.95. The SMILES string of the molecule is C=Cc1ccccc1C(=O)N=[N+]=[N-]. The highest BCUT2D eigenvalue weighted by atomic mass is 16.1. The predicted molar refractivity (Wildman–Crippen MR) is 50.0 cm³/mol. The average Bonchev–Trinajstić information content (AvgIpc) is 2.18. The zero-order valence-corrected chi connectivity index (χ0v) is 6.84. The molecule has 4 heteroatoms. The van der Waals surface area contributed by atoms with Gasteiger partial charge in [0.05, 0.1) is 0 Å². The van der Waals surface area contributed by atoms with Crippen molar-refractivity contribution < 1.29 is 4.79 Å². The van der Waals surface area contributed by atoms with E-state index in [9.17, 15) is 4.79 Å². The molecule has 64 valence electrons. The summed E-state index contributed by atoms with van der Waals surface area (Å²) in [4.78, 5) is 13.6. The molecule has 0 aliphatic heterocycles. The molecule has 0 radical (unpaired) electrons. The normalized spacial score (nSPS) is 8.62. The van der Waals surface area contributed by atoms with E-state index in [4.69, 9.17) is 5.53 Å². The summed E-state index contributed by atoms with van der Waals surface area (Å²) >= 11 is 0. The van der Waals surface area contributed by atoms with E-state index in [2.05, 4.69) is 16.6 Å². The highest BCUT2D eigenvalue weighted by Gasteiger charge is 2.05. The molecule has 1 aromatic carbocycles. The van der Waals surface area contributed by atoms with Gasteiger partial charge in [0.1, 0.15) is 0 Å². The van der Waals surface area contributed by atoms with Crippen molar-refractivity contribution in [2.24, 2.45) is 5.11 Å². The van der Waals surface area contributed by atoms with Crippen LogP contribution in [0.3, 0.4) is 0 Å².